The Kier molecular flexibility index (Phi) is 6.23. The van der Waals surface area contributed by atoms with Crippen LogP contribution in [-0.2, 0) is 9.47 Å². The highest BCUT2D eigenvalue weighted by atomic mass is 16.7. The van der Waals surface area contributed by atoms with Gasteiger partial charge in [-0.3, -0.25) is 0 Å². The summed E-state index contributed by atoms with van der Waals surface area (Å²) in [7, 11) is 0. The molecule has 16 heavy (non-hydrogen) atoms. The summed E-state index contributed by atoms with van der Waals surface area (Å²) >= 11 is 0. The van der Waals surface area contributed by atoms with Crippen LogP contribution in [0.25, 0.3) is 0 Å². The minimum atomic E-state index is -0.557. The molecule has 0 aromatic carbocycles. The molecule has 1 aliphatic rings. The fourth-order valence-electron chi connectivity index (χ4n) is 1.74. The molecule has 1 saturated heterocycles. The highest BCUT2D eigenvalue weighted by molar-refractivity contribution is 5.60. The number of rotatable bonds is 6. The van der Waals surface area contributed by atoms with Crippen LogP contribution in [0.4, 0.5) is 4.79 Å². The maximum Gasteiger partial charge on any atom is 0.510 e. The first-order valence-electron chi connectivity index (χ1n) is 6.30. The van der Waals surface area contributed by atoms with Gasteiger partial charge in [0.15, 0.2) is 6.23 Å². The number of ether oxygens (including phenoxy) is 2. The van der Waals surface area contributed by atoms with Crippen molar-refractivity contribution in [3.63, 3.8) is 0 Å². The largest absolute Gasteiger partial charge is 0.510 e. The Morgan fingerprint density at radius 1 is 1.50 bits per heavy atom. The summed E-state index contributed by atoms with van der Waals surface area (Å²) in [6.45, 7) is 4.95. The second-order valence-corrected chi connectivity index (χ2v) is 4.16. The quantitative estimate of drug-likeness (QED) is 0.657. The summed E-state index contributed by atoms with van der Waals surface area (Å²) in [4.78, 5) is 11.4. The van der Waals surface area contributed by atoms with Gasteiger partial charge in [-0.1, -0.05) is 26.7 Å². The van der Waals surface area contributed by atoms with Crippen LogP contribution in [-0.4, -0.2) is 25.0 Å². The Balaban J connectivity index is 2.19. The lowest BCUT2D eigenvalue weighted by atomic mass is 10.1. The van der Waals surface area contributed by atoms with Crippen LogP contribution in [0.5, 0.6) is 0 Å². The van der Waals surface area contributed by atoms with Gasteiger partial charge in [0.05, 0.1) is 0 Å². The van der Waals surface area contributed by atoms with Crippen LogP contribution < -0.4 is 5.32 Å². The van der Waals surface area contributed by atoms with Crippen LogP contribution in [0.1, 0.15) is 52.4 Å². The zero-order chi connectivity index (χ0) is 11.8. The Labute approximate surface area is 97.7 Å². The van der Waals surface area contributed by atoms with Crippen molar-refractivity contribution in [1.29, 1.82) is 0 Å². The van der Waals surface area contributed by atoms with E-state index in [4.69, 9.17) is 9.47 Å². The lowest BCUT2D eigenvalue weighted by Crippen LogP contribution is -2.26. The molecule has 2 atom stereocenters. The molecule has 0 saturated carbocycles. The SMILES string of the molecule is CCCCC(CC)OC(=O)OC1CCC[N]1. The molecule has 0 aromatic heterocycles. The summed E-state index contributed by atoms with van der Waals surface area (Å²) in [6.07, 6.45) is 4.97. The molecule has 4 heteroatoms. The van der Waals surface area contributed by atoms with Gasteiger partial charge in [0.1, 0.15) is 6.10 Å². The fourth-order valence-corrected chi connectivity index (χ4v) is 1.74. The summed E-state index contributed by atoms with van der Waals surface area (Å²) in [5, 5.41) is 4.15. The highest BCUT2D eigenvalue weighted by Crippen LogP contribution is 2.13. The normalized spacial score (nSPS) is 21.8. The average Bonchev–Trinajstić information content (AvgIpc) is 2.76. The van der Waals surface area contributed by atoms with E-state index in [0.717, 1.165) is 45.1 Å². The summed E-state index contributed by atoms with van der Waals surface area (Å²) in [5.74, 6) is 0. The molecule has 2 unspecified atom stereocenters. The maximum absolute atomic E-state index is 11.4. The highest BCUT2D eigenvalue weighted by Gasteiger charge is 2.22. The second kappa shape index (κ2) is 7.49. The van der Waals surface area contributed by atoms with Crippen LogP contribution in [0.15, 0.2) is 0 Å². The molecule has 1 radical (unpaired) electrons. The smallest absolute Gasteiger partial charge is 0.431 e. The van der Waals surface area contributed by atoms with Gasteiger partial charge in [-0.15, -0.1) is 0 Å². The number of carbonyl (C=O) groups excluding carboxylic acids is 1. The number of hydrogen-bond donors (Lipinski definition) is 0. The predicted octanol–water partition coefficient (Wildman–Crippen LogP) is 2.83. The van der Waals surface area contributed by atoms with E-state index >= 15 is 0 Å². The van der Waals surface area contributed by atoms with Crippen molar-refractivity contribution in [2.24, 2.45) is 0 Å². The molecule has 1 fully saturated rings. The van der Waals surface area contributed by atoms with Crippen LogP contribution in [0.2, 0.25) is 0 Å². The van der Waals surface area contributed by atoms with E-state index < -0.39 is 6.16 Å². The lowest BCUT2D eigenvalue weighted by Gasteiger charge is -2.17. The van der Waals surface area contributed by atoms with E-state index in [9.17, 15) is 4.79 Å². The van der Waals surface area contributed by atoms with Gasteiger partial charge in [0, 0.05) is 13.0 Å². The molecule has 0 bridgehead atoms. The molecule has 0 aromatic rings. The molecule has 1 rings (SSSR count). The van der Waals surface area contributed by atoms with Crippen molar-refractivity contribution < 1.29 is 14.3 Å². The number of carbonyl (C=O) groups is 1. The second-order valence-electron chi connectivity index (χ2n) is 4.16. The zero-order valence-electron chi connectivity index (χ0n) is 10.3. The van der Waals surface area contributed by atoms with Crippen molar-refractivity contribution in [3.8, 4) is 0 Å². The third kappa shape index (κ3) is 4.84. The number of unbranched alkanes of at least 4 members (excludes halogenated alkanes) is 1. The zero-order valence-corrected chi connectivity index (χ0v) is 10.3. The standard InChI is InChI=1S/C12H22NO3/c1-3-5-7-10(4-2)15-12(14)16-11-8-6-9-13-11/h10-11H,3-9H2,1-2H3. The van der Waals surface area contributed by atoms with Gasteiger partial charge in [-0.2, -0.15) is 0 Å². The van der Waals surface area contributed by atoms with Gasteiger partial charge < -0.3 is 9.47 Å². The first kappa shape index (κ1) is 13.3. The predicted molar refractivity (Wildman–Crippen MR) is 61.2 cm³/mol. The van der Waals surface area contributed by atoms with Crippen LogP contribution >= 0.6 is 0 Å². The molecule has 93 valence electrons. The topological polar surface area (TPSA) is 49.6 Å². The van der Waals surface area contributed by atoms with Crippen molar-refractivity contribution in [3.05, 3.63) is 0 Å². The lowest BCUT2D eigenvalue weighted by molar-refractivity contribution is -0.00955. The molecule has 0 N–H and O–H groups in total. The number of nitrogens with zero attached hydrogens (tertiary/aromatic N) is 1. The van der Waals surface area contributed by atoms with Crippen LogP contribution in [0, 0.1) is 0 Å². The van der Waals surface area contributed by atoms with Gasteiger partial charge in [0.2, 0.25) is 0 Å². The first-order chi connectivity index (χ1) is 7.76. The summed E-state index contributed by atoms with van der Waals surface area (Å²) < 4.78 is 10.3. The van der Waals surface area contributed by atoms with Gasteiger partial charge in [0.25, 0.3) is 0 Å². The maximum atomic E-state index is 11.4. The molecule has 1 heterocycles. The van der Waals surface area contributed by atoms with Crippen LogP contribution in [0.3, 0.4) is 0 Å². The molecule has 0 spiro atoms. The van der Waals surface area contributed by atoms with Gasteiger partial charge >= 0.3 is 6.16 Å². The summed E-state index contributed by atoms with van der Waals surface area (Å²) in [6, 6.07) is 0. The van der Waals surface area contributed by atoms with E-state index in [0.29, 0.717) is 0 Å². The Bertz CT molecular complexity index is 202. The minimum absolute atomic E-state index is 0.00569. The van der Waals surface area contributed by atoms with E-state index in [1.807, 2.05) is 6.92 Å². The van der Waals surface area contributed by atoms with Crippen molar-refractivity contribution in [2.45, 2.75) is 64.7 Å². The molecular formula is C12H22NO3. The van der Waals surface area contributed by atoms with E-state index in [1.54, 1.807) is 0 Å². The molecule has 1 aliphatic heterocycles. The van der Waals surface area contributed by atoms with Crippen molar-refractivity contribution >= 4 is 6.16 Å². The Morgan fingerprint density at radius 3 is 2.88 bits per heavy atom. The fraction of sp³-hybridized carbons (Fsp3) is 0.917. The van der Waals surface area contributed by atoms with E-state index in [1.165, 1.54) is 0 Å². The van der Waals surface area contributed by atoms with Gasteiger partial charge in [-0.05, 0) is 19.3 Å². The van der Waals surface area contributed by atoms with Crippen molar-refractivity contribution in [1.82, 2.24) is 5.32 Å². The van der Waals surface area contributed by atoms with Gasteiger partial charge in [-0.25, -0.2) is 10.1 Å². The molecular weight excluding hydrogens is 206 g/mol. The van der Waals surface area contributed by atoms with Crippen molar-refractivity contribution in [2.75, 3.05) is 6.54 Å². The Morgan fingerprint density at radius 2 is 2.31 bits per heavy atom. The molecule has 0 amide bonds. The van der Waals surface area contributed by atoms with E-state index in [2.05, 4.69) is 12.2 Å². The monoisotopic (exact) mass is 228 g/mol. The third-order valence-electron chi connectivity index (χ3n) is 2.77. The first-order valence-corrected chi connectivity index (χ1v) is 6.30. The average molecular weight is 228 g/mol. The molecule has 4 nitrogen and oxygen atoms in total. The molecule has 0 aliphatic carbocycles. The number of hydrogen-bond acceptors (Lipinski definition) is 3. The summed E-state index contributed by atoms with van der Waals surface area (Å²) in [5.41, 5.74) is 0. The Hall–Kier alpha value is -0.770. The minimum Gasteiger partial charge on any atom is -0.431 e. The third-order valence-corrected chi connectivity index (χ3v) is 2.77. The van der Waals surface area contributed by atoms with E-state index in [-0.39, 0.29) is 12.3 Å².